The summed E-state index contributed by atoms with van der Waals surface area (Å²) < 4.78 is 17.2. The molecule has 0 saturated heterocycles. The first kappa shape index (κ1) is 20.7. The van der Waals surface area contributed by atoms with Crippen LogP contribution in [0.2, 0.25) is 18.1 Å². The Morgan fingerprint density at radius 1 is 1.21 bits per heavy atom. The van der Waals surface area contributed by atoms with Gasteiger partial charge in [0.25, 0.3) is 5.89 Å². The van der Waals surface area contributed by atoms with Gasteiger partial charge in [0, 0.05) is 12.0 Å². The largest absolute Gasteiger partial charge is 0.449 e. The number of hydrogen-bond donors (Lipinski definition) is 0. The summed E-state index contributed by atoms with van der Waals surface area (Å²) in [5.74, 6) is 0.837. The van der Waals surface area contributed by atoms with Crippen LogP contribution in [0.25, 0.3) is 0 Å². The standard InChI is InChI=1S/C21H30N2O4Si/c1-14(25-20(24)15-10-8-7-9-11-15)19-22-18(23-26-19)16-12-17(13-16)27-28(5,6)21(2,3)4/h7-11,14,16-17H,12-13H2,1-6H3/t14-,16?,17?/m1/s1. The van der Waals surface area contributed by atoms with Crippen molar-refractivity contribution in [2.45, 2.75) is 76.8 Å². The zero-order valence-electron chi connectivity index (χ0n) is 17.6. The Morgan fingerprint density at radius 3 is 2.46 bits per heavy atom. The molecule has 1 saturated carbocycles. The molecule has 2 aromatic rings. The molecule has 1 aliphatic rings. The molecule has 7 heteroatoms. The van der Waals surface area contributed by atoms with Gasteiger partial charge in [-0.1, -0.05) is 44.1 Å². The van der Waals surface area contributed by atoms with Crippen molar-refractivity contribution in [2.24, 2.45) is 0 Å². The van der Waals surface area contributed by atoms with Crippen LogP contribution in [0.1, 0.15) is 74.6 Å². The van der Waals surface area contributed by atoms with Crippen molar-refractivity contribution < 1.29 is 18.5 Å². The van der Waals surface area contributed by atoms with Crippen LogP contribution in [0, 0.1) is 0 Å². The highest BCUT2D eigenvalue weighted by molar-refractivity contribution is 6.74. The maximum atomic E-state index is 12.2. The number of aromatic nitrogens is 2. The Bertz CT molecular complexity index is 807. The Hall–Kier alpha value is -1.99. The van der Waals surface area contributed by atoms with Gasteiger partial charge in [-0.2, -0.15) is 4.98 Å². The van der Waals surface area contributed by atoms with Crippen molar-refractivity contribution in [2.75, 3.05) is 0 Å². The zero-order valence-corrected chi connectivity index (χ0v) is 18.6. The number of esters is 1. The van der Waals surface area contributed by atoms with Crippen LogP contribution in [0.4, 0.5) is 0 Å². The van der Waals surface area contributed by atoms with E-state index < -0.39 is 20.4 Å². The average molecular weight is 403 g/mol. The topological polar surface area (TPSA) is 74.5 Å². The smallest absolute Gasteiger partial charge is 0.338 e. The number of carbonyl (C=O) groups is 1. The molecule has 0 bridgehead atoms. The molecule has 28 heavy (non-hydrogen) atoms. The summed E-state index contributed by atoms with van der Waals surface area (Å²) in [4.78, 5) is 16.6. The summed E-state index contributed by atoms with van der Waals surface area (Å²) in [6.07, 6.45) is 1.49. The number of benzene rings is 1. The van der Waals surface area contributed by atoms with Gasteiger partial charge < -0.3 is 13.7 Å². The second-order valence-corrected chi connectivity index (χ2v) is 13.8. The summed E-state index contributed by atoms with van der Waals surface area (Å²) in [5, 5.41) is 4.30. The fraction of sp³-hybridized carbons (Fsp3) is 0.571. The molecule has 1 heterocycles. The van der Waals surface area contributed by atoms with Crippen LogP contribution in [0.3, 0.4) is 0 Å². The van der Waals surface area contributed by atoms with Crippen molar-refractivity contribution in [3.63, 3.8) is 0 Å². The molecule has 6 nitrogen and oxygen atoms in total. The second kappa shape index (κ2) is 7.79. The number of hydrogen-bond acceptors (Lipinski definition) is 6. The van der Waals surface area contributed by atoms with Crippen molar-refractivity contribution >= 4 is 14.3 Å². The lowest BCUT2D eigenvalue weighted by molar-refractivity contribution is 0.0265. The predicted octanol–water partition coefficient (Wildman–Crippen LogP) is 5.26. The third-order valence-electron chi connectivity index (χ3n) is 5.83. The van der Waals surface area contributed by atoms with E-state index in [1.54, 1.807) is 31.2 Å². The maximum absolute atomic E-state index is 12.2. The minimum atomic E-state index is -1.75. The van der Waals surface area contributed by atoms with Gasteiger partial charge in [-0.05, 0) is 50.0 Å². The SMILES string of the molecule is C[C@@H](OC(=O)c1ccccc1)c1nc(C2CC(O[Si](C)(C)C(C)(C)C)C2)no1. The normalized spacial score (nSPS) is 21.1. The van der Waals surface area contributed by atoms with Gasteiger partial charge in [0.15, 0.2) is 20.2 Å². The lowest BCUT2D eigenvalue weighted by Crippen LogP contribution is -2.47. The Morgan fingerprint density at radius 2 is 1.86 bits per heavy atom. The van der Waals surface area contributed by atoms with Gasteiger partial charge in [-0.3, -0.25) is 0 Å². The molecular formula is C21H30N2O4Si. The second-order valence-electron chi connectivity index (χ2n) is 9.07. The minimum absolute atomic E-state index is 0.204. The Balaban J connectivity index is 1.53. The molecule has 0 spiro atoms. The fourth-order valence-corrected chi connectivity index (χ4v) is 4.28. The van der Waals surface area contributed by atoms with E-state index >= 15 is 0 Å². The first-order chi connectivity index (χ1) is 13.1. The van der Waals surface area contributed by atoms with Crippen LogP contribution >= 0.6 is 0 Å². The summed E-state index contributed by atoms with van der Waals surface area (Å²) >= 11 is 0. The van der Waals surface area contributed by atoms with Gasteiger partial charge in [0.1, 0.15) is 0 Å². The molecule has 1 aromatic heterocycles. The van der Waals surface area contributed by atoms with E-state index in [9.17, 15) is 4.79 Å². The van der Waals surface area contributed by atoms with Gasteiger partial charge in [-0.15, -0.1) is 0 Å². The summed E-state index contributed by atoms with van der Waals surface area (Å²) in [6, 6.07) is 8.87. The van der Waals surface area contributed by atoms with Crippen LogP contribution in [0.15, 0.2) is 34.9 Å². The third-order valence-corrected chi connectivity index (χ3v) is 10.4. The summed E-state index contributed by atoms with van der Waals surface area (Å²) in [7, 11) is -1.75. The third kappa shape index (κ3) is 4.52. The molecule has 0 radical (unpaired) electrons. The van der Waals surface area contributed by atoms with Crippen molar-refractivity contribution in [3.05, 3.63) is 47.6 Å². The highest BCUT2D eigenvalue weighted by Gasteiger charge is 2.43. The lowest BCUT2D eigenvalue weighted by Gasteiger charge is -2.44. The average Bonchev–Trinajstić information content (AvgIpc) is 3.07. The maximum Gasteiger partial charge on any atom is 0.338 e. The monoisotopic (exact) mass is 402 g/mol. The van der Waals surface area contributed by atoms with Gasteiger partial charge >= 0.3 is 5.97 Å². The molecule has 0 aliphatic heterocycles. The van der Waals surface area contributed by atoms with E-state index in [1.165, 1.54) is 0 Å². The molecule has 152 valence electrons. The predicted molar refractivity (Wildman–Crippen MR) is 109 cm³/mol. The molecule has 1 aromatic carbocycles. The van der Waals surface area contributed by atoms with Gasteiger partial charge in [0.05, 0.1) is 5.56 Å². The number of rotatable bonds is 6. The number of nitrogens with zero attached hydrogens (tertiary/aromatic N) is 2. The van der Waals surface area contributed by atoms with Gasteiger partial charge in [-0.25, -0.2) is 4.79 Å². The quantitative estimate of drug-likeness (QED) is 0.485. The van der Waals surface area contributed by atoms with Crippen LogP contribution in [-0.2, 0) is 9.16 Å². The molecule has 3 rings (SSSR count). The summed E-state index contributed by atoms with van der Waals surface area (Å²) in [5.41, 5.74) is 0.499. The number of ether oxygens (including phenoxy) is 1. The van der Waals surface area contributed by atoms with E-state index in [2.05, 4.69) is 44.0 Å². The molecular weight excluding hydrogens is 372 g/mol. The number of carbonyl (C=O) groups excluding carboxylic acids is 1. The molecule has 0 unspecified atom stereocenters. The minimum Gasteiger partial charge on any atom is -0.449 e. The van der Waals surface area contributed by atoms with E-state index in [0.717, 1.165) is 12.8 Å². The van der Waals surface area contributed by atoms with Crippen molar-refractivity contribution in [1.82, 2.24) is 10.1 Å². The van der Waals surface area contributed by atoms with Crippen LogP contribution in [0.5, 0.6) is 0 Å². The molecule has 1 aliphatic carbocycles. The summed E-state index contributed by atoms with van der Waals surface area (Å²) in [6.45, 7) is 13.0. The lowest BCUT2D eigenvalue weighted by atomic mass is 9.82. The van der Waals surface area contributed by atoms with Crippen LogP contribution in [-0.4, -0.2) is 30.5 Å². The van der Waals surface area contributed by atoms with E-state index in [-0.39, 0.29) is 17.1 Å². The molecule has 1 fully saturated rings. The highest BCUT2D eigenvalue weighted by atomic mass is 28.4. The molecule has 0 amide bonds. The van der Waals surface area contributed by atoms with E-state index in [4.69, 9.17) is 13.7 Å². The van der Waals surface area contributed by atoms with Gasteiger partial charge in [0.2, 0.25) is 0 Å². The Kier molecular flexibility index (Phi) is 5.77. The highest BCUT2D eigenvalue weighted by Crippen LogP contribution is 2.44. The van der Waals surface area contributed by atoms with Crippen molar-refractivity contribution in [1.29, 1.82) is 0 Å². The van der Waals surface area contributed by atoms with Crippen LogP contribution < -0.4 is 0 Å². The first-order valence-electron chi connectivity index (χ1n) is 9.84. The molecule has 0 N–H and O–H groups in total. The molecule has 1 atom stereocenters. The van der Waals surface area contributed by atoms with Crippen molar-refractivity contribution in [3.8, 4) is 0 Å². The van der Waals surface area contributed by atoms with E-state index in [1.807, 2.05) is 6.07 Å². The first-order valence-corrected chi connectivity index (χ1v) is 12.7. The Labute approximate surface area is 167 Å². The van der Waals surface area contributed by atoms with E-state index in [0.29, 0.717) is 17.3 Å². The fourth-order valence-electron chi connectivity index (χ4n) is 2.90. The zero-order chi connectivity index (χ0) is 20.5.